The molecule has 2 aromatic rings. The number of nitrogens with zero attached hydrogens (tertiary/aromatic N) is 3. The van der Waals surface area contributed by atoms with Crippen LogP contribution in [-0.2, 0) is 13.1 Å². The summed E-state index contributed by atoms with van der Waals surface area (Å²) in [5, 5.41) is 10.6. The molecular weight excluding hydrogens is 505 g/mol. The van der Waals surface area contributed by atoms with Gasteiger partial charge in [0.2, 0.25) is 0 Å². The highest BCUT2D eigenvalue weighted by Gasteiger charge is 2.20. The van der Waals surface area contributed by atoms with Crippen LogP contribution in [0.4, 0.5) is 5.00 Å². The zero-order chi connectivity index (χ0) is 20.5. The Kier molecular flexibility index (Phi) is 11.0. The molecule has 1 aliphatic rings. The molecule has 0 spiro atoms. The first-order valence-electron chi connectivity index (χ1n) is 10.8. The normalized spacial score (nSPS) is 15.2. The number of rotatable bonds is 8. The molecule has 1 fully saturated rings. The largest absolute Gasteiger partial charge is 0.363 e. The molecule has 0 amide bonds. The van der Waals surface area contributed by atoms with Crippen LogP contribution in [-0.4, -0.2) is 50.1 Å². The molecule has 166 valence electrons. The van der Waals surface area contributed by atoms with E-state index in [9.17, 15) is 0 Å². The SMILES string of the molecule is CCN(CC)Cc1cccc(CNC(=NC)NC2CCN(c3cccs3)CC2)c1.I. The summed E-state index contributed by atoms with van der Waals surface area (Å²) in [5.41, 5.74) is 2.67. The lowest BCUT2D eigenvalue weighted by molar-refractivity contribution is 0.296. The number of halogens is 1. The number of benzene rings is 1. The average molecular weight is 542 g/mol. The van der Waals surface area contributed by atoms with Gasteiger partial charge >= 0.3 is 0 Å². The Morgan fingerprint density at radius 2 is 1.87 bits per heavy atom. The van der Waals surface area contributed by atoms with E-state index in [2.05, 4.69) is 81.1 Å². The summed E-state index contributed by atoms with van der Waals surface area (Å²) in [5.74, 6) is 0.897. The van der Waals surface area contributed by atoms with Crippen molar-refractivity contribution >= 4 is 46.3 Å². The van der Waals surface area contributed by atoms with E-state index in [0.717, 1.165) is 58.1 Å². The van der Waals surface area contributed by atoms with Gasteiger partial charge in [-0.25, -0.2) is 0 Å². The third kappa shape index (κ3) is 7.42. The molecule has 1 aromatic heterocycles. The summed E-state index contributed by atoms with van der Waals surface area (Å²) >= 11 is 1.83. The Balaban J connectivity index is 0.00000320. The second-order valence-corrected chi connectivity index (χ2v) is 8.49. The lowest BCUT2D eigenvalue weighted by Gasteiger charge is -2.33. The van der Waals surface area contributed by atoms with Crippen molar-refractivity contribution in [1.29, 1.82) is 0 Å². The minimum Gasteiger partial charge on any atom is -0.363 e. The first-order chi connectivity index (χ1) is 14.2. The van der Waals surface area contributed by atoms with Gasteiger partial charge in [0.1, 0.15) is 0 Å². The number of guanidine groups is 1. The molecule has 5 nitrogen and oxygen atoms in total. The molecule has 0 bridgehead atoms. The van der Waals surface area contributed by atoms with Crippen molar-refractivity contribution in [3.63, 3.8) is 0 Å². The van der Waals surface area contributed by atoms with E-state index in [4.69, 9.17) is 0 Å². The maximum absolute atomic E-state index is 4.44. The van der Waals surface area contributed by atoms with Crippen molar-refractivity contribution in [1.82, 2.24) is 15.5 Å². The quantitative estimate of drug-likeness (QED) is 0.293. The van der Waals surface area contributed by atoms with E-state index in [1.54, 1.807) is 0 Å². The molecule has 0 aliphatic carbocycles. The average Bonchev–Trinajstić information content (AvgIpc) is 3.30. The van der Waals surface area contributed by atoms with Gasteiger partial charge in [-0.2, -0.15) is 0 Å². The molecule has 1 aliphatic heterocycles. The Morgan fingerprint density at radius 1 is 1.13 bits per heavy atom. The van der Waals surface area contributed by atoms with Crippen LogP contribution in [0.3, 0.4) is 0 Å². The van der Waals surface area contributed by atoms with Gasteiger partial charge in [0.25, 0.3) is 0 Å². The molecule has 1 saturated heterocycles. The molecule has 2 heterocycles. The lowest BCUT2D eigenvalue weighted by atomic mass is 10.1. The molecule has 0 saturated carbocycles. The van der Waals surface area contributed by atoms with E-state index in [0.29, 0.717) is 6.04 Å². The Labute approximate surface area is 203 Å². The molecule has 3 rings (SSSR count). The smallest absolute Gasteiger partial charge is 0.191 e. The number of aliphatic imine (C=N–C) groups is 1. The van der Waals surface area contributed by atoms with E-state index in [-0.39, 0.29) is 24.0 Å². The predicted molar refractivity (Wildman–Crippen MR) is 141 cm³/mol. The van der Waals surface area contributed by atoms with Crippen molar-refractivity contribution < 1.29 is 0 Å². The first kappa shape index (κ1) is 24.9. The highest BCUT2D eigenvalue weighted by molar-refractivity contribution is 14.0. The summed E-state index contributed by atoms with van der Waals surface area (Å²) in [7, 11) is 1.85. The number of thiophene rings is 1. The monoisotopic (exact) mass is 541 g/mol. The highest BCUT2D eigenvalue weighted by atomic mass is 127. The highest BCUT2D eigenvalue weighted by Crippen LogP contribution is 2.24. The van der Waals surface area contributed by atoms with Gasteiger partial charge < -0.3 is 15.5 Å². The van der Waals surface area contributed by atoms with Crippen LogP contribution in [0.15, 0.2) is 46.8 Å². The number of hydrogen-bond acceptors (Lipinski definition) is 4. The van der Waals surface area contributed by atoms with E-state index < -0.39 is 0 Å². The van der Waals surface area contributed by atoms with Crippen molar-refractivity contribution in [2.45, 2.75) is 45.8 Å². The van der Waals surface area contributed by atoms with E-state index >= 15 is 0 Å². The van der Waals surface area contributed by atoms with Crippen LogP contribution in [0.2, 0.25) is 0 Å². The third-order valence-corrected chi connectivity index (χ3v) is 6.56. The lowest BCUT2D eigenvalue weighted by Crippen LogP contribution is -2.48. The summed E-state index contributed by atoms with van der Waals surface area (Å²) < 4.78 is 0. The molecule has 0 unspecified atom stereocenters. The van der Waals surface area contributed by atoms with Gasteiger partial charge in [0, 0.05) is 39.3 Å². The Bertz CT molecular complexity index is 753. The van der Waals surface area contributed by atoms with Gasteiger partial charge in [-0.1, -0.05) is 38.1 Å². The summed E-state index contributed by atoms with van der Waals surface area (Å²) in [4.78, 5) is 9.36. The number of piperidine rings is 1. The third-order valence-electron chi connectivity index (χ3n) is 5.63. The summed E-state index contributed by atoms with van der Waals surface area (Å²) in [6.07, 6.45) is 2.27. The summed E-state index contributed by atoms with van der Waals surface area (Å²) in [6, 6.07) is 13.7. The predicted octanol–water partition coefficient (Wildman–Crippen LogP) is 4.54. The fourth-order valence-corrected chi connectivity index (χ4v) is 4.60. The van der Waals surface area contributed by atoms with Gasteiger partial charge in [-0.05, 0) is 54.6 Å². The van der Waals surface area contributed by atoms with E-state index in [1.165, 1.54) is 16.1 Å². The van der Waals surface area contributed by atoms with E-state index in [1.807, 2.05) is 18.4 Å². The Hall–Kier alpha value is -1.32. The molecule has 0 atom stereocenters. The van der Waals surface area contributed by atoms with Crippen LogP contribution in [0, 0.1) is 0 Å². The van der Waals surface area contributed by atoms with Crippen LogP contribution in [0.25, 0.3) is 0 Å². The fraction of sp³-hybridized carbons (Fsp3) is 0.522. The molecular formula is C23H36IN5S. The van der Waals surface area contributed by atoms with Crippen LogP contribution >= 0.6 is 35.3 Å². The maximum Gasteiger partial charge on any atom is 0.191 e. The van der Waals surface area contributed by atoms with Crippen LogP contribution < -0.4 is 15.5 Å². The molecule has 0 radical (unpaired) electrons. The Morgan fingerprint density at radius 3 is 2.50 bits per heavy atom. The first-order valence-corrected chi connectivity index (χ1v) is 11.7. The van der Waals surface area contributed by atoms with Crippen molar-refractivity contribution in [3.8, 4) is 0 Å². The zero-order valence-corrected chi connectivity index (χ0v) is 21.6. The second-order valence-electron chi connectivity index (χ2n) is 7.56. The standard InChI is InChI=1S/C23H35N5S.HI/c1-4-27(5-2)18-20-9-6-8-19(16-20)17-25-23(24-3)26-21-11-13-28(14-12-21)22-10-7-15-29-22;/h6-10,15-16,21H,4-5,11-14,17-18H2,1-3H3,(H2,24,25,26);1H. The van der Waals surface area contributed by atoms with Gasteiger partial charge in [0.15, 0.2) is 5.96 Å². The van der Waals surface area contributed by atoms with Crippen molar-refractivity contribution in [3.05, 3.63) is 52.9 Å². The number of hydrogen-bond donors (Lipinski definition) is 2. The molecule has 2 N–H and O–H groups in total. The van der Waals surface area contributed by atoms with Gasteiger partial charge in [-0.3, -0.25) is 9.89 Å². The number of anilines is 1. The molecule has 1 aromatic carbocycles. The van der Waals surface area contributed by atoms with Crippen LogP contribution in [0.1, 0.15) is 37.8 Å². The minimum atomic E-state index is 0. The van der Waals surface area contributed by atoms with Gasteiger partial charge in [-0.15, -0.1) is 35.3 Å². The fourth-order valence-electron chi connectivity index (χ4n) is 3.81. The summed E-state index contributed by atoms with van der Waals surface area (Å²) in [6.45, 7) is 10.6. The molecule has 30 heavy (non-hydrogen) atoms. The topological polar surface area (TPSA) is 42.9 Å². The maximum atomic E-state index is 4.44. The van der Waals surface area contributed by atoms with Crippen LogP contribution in [0.5, 0.6) is 0 Å². The van der Waals surface area contributed by atoms with Crippen molar-refractivity contribution in [2.24, 2.45) is 4.99 Å². The zero-order valence-electron chi connectivity index (χ0n) is 18.4. The second kappa shape index (κ2) is 13.2. The minimum absolute atomic E-state index is 0. The number of nitrogens with one attached hydrogen (secondary N) is 2. The van der Waals surface area contributed by atoms with Crippen molar-refractivity contribution in [2.75, 3.05) is 38.1 Å². The molecule has 7 heteroatoms. The van der Waals surface area contributed by atoms with Gasteiger partial charge in [0.05, 0.1) is 5.00 Å².